The molecule has 10 heteroatoms. The summed E-state index contributed by atoms with van der Waals surface area (Å²) in [6, 6.07) is 7.98. The van der Waals surface area contributed by atoms with Crippen molar-refractivity contribution >= 4 is 28.3 Å². The van der Waals surface area contributed by atoms with Gasteiger partial charge in [0.2, 0.25) is 0 Å². The second kappa shape index (κ2) is 7.58. The number of fused-ring (bicyclic) bond motifs is 3. The minimum atomic E-state index is -1.19. The number of alkyl halides is 1. The van der Waals surface area contributed by atoms with E-state index in [0.29, 0.717) is 42.0 Å². The van der Waals surface area contributed by atoms with E-state index in [2.05, 4.69) is 5.10 Å². The fourth-order valence-corrected chi connectivity index (χ4v) is 4.84. The number of benzene rings is 1. The van der Waals surface area contributed by atoms with Gasteiger partial charge in [-0.1, -0.05) is 0 Å². The molecule has 0 aliphatic carbocycles. The molecule has 2 aliphatic rings. The minimum Gasteiger partial charge on any atom is -0.391 e. The molecule has 2 aliphatic heterocycles. The highest BCUT2D eigenvalue weighted by Gasteiger charge is 2.36. The normalized spacial score (nSPS) is 23.3. The lowest BCUT2D eigenvalue weighted by Gasteiger charge is -2.26. The number of hydrogen-bond acceptors (Lipinski definition) is 6. The summed E-state index contributed by atoms with van der Waals surface area (Å²) < 4.78 is 44.4. The Kier molecular flexibility index (Phi) is 4.65. The van der Waals surface area contributed by atoms with E-state index in [1.165, 1.54) is 0 Å². The average molecular weight is 454 g/mol. The van der Waals surface area contributed by atoms with Crippen LogP contribution in [0.4, 0.5) is 24.8 Å². The lowest BCUT2D eigenvalue weighted by Crippen LogP contribution is -2.25. The van der Waals surface area contributed by atoms with Crippen molar-refractivity contribution in [2.75, 3.05) is 29.4 Å². The zero-order valence-electron chi connectivity index (χ0n) is 17.6. The average Bonchev–Trinajstić information content (AvgIpc) is 3.51. The fraction of sp³-hybridized carbons (Fsp3) is 0.348. The first-order valence-electron chi connectivity index (χ1n) is 10.9. The van der Waals surface area contributed by atoms with Gasteiger partial charge in [0.15, 0.2) is 5.65 Å². The Bertz CT molecular complexity index is 1360. The minimum absolute atomic E-state index is 0.0280. The van der Waals surface area contributed by atoms with Gasteiger partial charge in [-0.25, -0.2) is 27.7 Å². The van der Waals surface area contributed by atoms with Gasteiger partial charge in [0.1, 0.15) is 40.5 Å². The molecule has 0 bridgehead atoms. The third-order valence-electron chi connectivity index (χ3n) is 6.44. The van der Waals surface area contributed by atoms with Crippen LogP contribution in [0.1, 0.15) is 24.4 Å². The maximum absolute atomic E-state index is 14.5. The first-order chi connectivity index (χ1) is 16.0. The van der Waals surface area contributed by atoms with E-state index < -0.39 is 23.8 Å². The maximum Gasteiger partial charge on any atom is 0.183 e. The third-order valence-corrected chi connectivity index (χ3v) is 6.44. The predicted octanol–water partition coefficient (Wildman–Crippen LogP) is 3.42. The highest BCUT2D eigenvalue weighted by molar-refractivity contribution is 5.89. The number of nitrogens with zero attached hydrogens (tertiary/aromatic N) is 6. The second-order valence-corrected chi connectivity index (χ2v) is 8.65. The van der Waals surface area contributed by atoms with Gasteiger partial charge in [-0.05, 0) is 42.8 Å². The van der Waals surface area contributed by atoms with Crippen LogP contribution in [-0.2, 0) is 0 Å². The molecular formula is C23H21F3N6O. The molecular weight excluding hydrogens is 433 g/mol. The quantitative estimate of drug-likeness (QED) is 0.512. The van der Waals surface area contributed by atoms with Crippen molar-refractivity contribution in [1.82, 2.24) is 19.6 Å². The molecule has 0 radical (unpaired) electrons. The van der Waals surface area contributed by atoms with Crippen LogP contribution in [-0.4, -0.2) is 56.6 Å². The Labute approximate surface area is 187 Å². The SMILES string of the molecule is O[C@H]1CCN(c2ccc3nn4ccc(N5C[C@@H](F)C[C@@H]5c5cc(F)ccc5F)nc4c3n2)C1. The molecule has 7 nitrogen and oxygen atoms in total. The van der Waals surface area contributed by atoms with E-state index in [1.54, 1.807) is 21.7 Å². The number of aliphatic hydroxyl groups is 1. The molecule has 1 aromatic carbocycles. The van der Waals surface area contributed by atoms with E-state index >= 15 is 0 Å². The van der Waals surface area contributed by atoms with Crippen LogP contribution >= 0.6 is 0 Å². The molecule has 0 spiro atoms. The Morgan fingerprint density at radius 1 is 1.00 bits per heavy atom. The topological polar surface area (TPSA) is 69.8 Å². The molecule has 1 N–H and O–H groups in total. The number of anilines is 2. The van der Waals surface area contributed by atoms with Gasteiger partial charge < -0.3 is 14.9 Å². The van der Waals surface area contributed by atoms with Crippen molar-refractivity contribution in [2.45, 2.75) is 31.2 Å². The van der Waals surface area contributed by atoms with Crippen molar-refractivity contribution in [3.8, 4) is 0 Å². The van der Waals surface area contributed by atoms with Gasteiger partial charge in [0.25, 0.3) is 0 Å². The van der Waals surface area contributed by atoms with Crippen molar-refractivity contribution in [2.24, 2.45) is 0 Å². The summed E-state index contributed by atoms with van der Waals surface area (Å²) in [5.41, 5.74) is 1.84. The summed E-state index contributed by atoms with van der Waals surface area (Å²) in [6.45, 7) is 1.26. The molecule has 170 valence electrons. The van der Waals surface area contributed by atoms with Crippen molar-refractivity contribution in [3.63, 3.8) is 0 Å². The number of rotatable bonds is 3. The first-order valence-corrected chi connectivity index (χ1v) is 10.9. The smallest absolute Gasteiger partial charge is 0.183 e. The van der Waals surface area contributed by atoms with Gasteiger partial charge in [-0.3, -0.25) is 0 Å². The largest absolute Gasteiger partial charge is 0.391 e. The predicted molar refractivity (Wildman–Crippen MR) is 117 cm³/mol. The molecule has 2 fully saturated rings. The lowest BCUT2D eigenvalue weighted by atomic mass is 10.0. The van der Waals surface area contributed by atoms with E-state index in [0.717, 1.165) is 24.0 Å². The molecule has 3 atom stereocenters. The Hall–Kier alpha value is -3.40. The zero-order chi connectivity index (χ0) is 22.7. The highest BCUT2D eigenvalue weighted by Crippen LogP contribution is 2.38. The van der Waals surface area contributed by atoms with E-state index in [1.807, 2.05) is 17.0 Å². The molecule has 5 heterocycles. The summed E-state index contributed by atoms with van der Waals surface area (Å²) in [5, 5.41) is 14.4. The van der Waals surface area contributed by atoms with Gasteiger partial charge in [0.05, 0.1) is 18.7 Å². The number of aliphatic hydroxyl groups excluding tert-OH is 1. The number of pyridine rings is 1. The fourth-order valence-electron chi connectivity index (χ4n) is 4.84. The zero-order valence-corrected chi connectivity index (χ0v) is 17.6. The maximum atomic E-state index is 14.5. The first kappa shape index (κ1) is 20.2. The van der Waals surface area contributed by atoms with Crippen molar-refractivity contribution in [3.05, 3.63) is 59.8 Å². The van der Waals surface area contributed by atoms with Crippen LogP contribution < -0.4 is 9.80 Å². The third kappa shape index (κ3) is 3.45. The number of halogens is 3. The van der Waals surface area contributed by atoms with Gasteiger partial charge in [0, 0.05) is 31.3 Å². The van der Waals surface area contributed by atoms with E-state index in [4.69, 9.17) is 9.97 Å². The molecule has 3 aromatic heterocycles. The van der Waals surface area contributed by atoms with Crippen molar-refractivity contribution < 1.29 is 18.3 Å². The standard InChI is InChI=1S/C23H21F3N6O/c24-13-1-2-17(26)16(9-13)19-10-14(25)11-31(19)21-6-8-32-23(28-21)22-18(29-32)3-4-20(27-22)30-7-5-15(33)12-30/h1-4,6,8-9,14-15,19,33H,5,7,10-12H2/t14-,15-,19+/m0/s1. The van der Waals surface area contributed by atoms with Crippen LogP contribution in [0.15, 0.2) is 42.6 Å². The molecule has 4 aromatic rings. The summed E-state index contributed by atoms with van der Waals surface area (Å²) in [7, 11) is 0. The summed E-state index contributed by atoms with van der Waals surface area (Å²) in [4.78, 5) is 13.1. The van der Waals surface area contributed by atoms with Gasteiger partial charge in [-0.2, -0.15) is 5.10 Å². The van der Waals surface area contributed by atoms with Crippen LogP contribution in [0.5, 0.6) is 0 Å². The molecule has 0 saturated carbocycles. The summed E-state index contributed by atoms with van der Waals surface area (Å²) in [6.07, 6.45) is 0.883. The monoisotopic (exact) mass is 454 g/mol. The van der Waals surface area contributed by atoms with E-state index in [9.17, 15) is 18.3 Å². The number of aromatic nitrogens is 4. The molecule has 0 amide bonds. The highest BCUT2D eigenvalue weighted by atomic mass is 19.1. The van der Waals surface area contributed by atoms with Crippen LogP contribution in [0.3, 0.4) is 0 Å². The molecule has 6 rings (SSSR count). The van der Waals surface area contributed by atoms with Gasteiger partial charge >= 0.3 is 0 Å². The molecule has 0 unspecified atom stereocenters. The van der Waals surface area contributed by atoms with Gasteiger partial charge in [-0.15, -0.1) is 0 Å². The Morgan fingerprint density at radius 2 is 1.88 bits per heavy atom. The van der Waals surface area contributed by atoms with Crippen LogP contribution in [0.2, 0.25) is 0 Å². The molecule has 33 heavy (non-hydrogen) atoms. The summed E-state index contributed by atoms with van der Waals surface area (Å²) in [5.74, 6) is 0.0332. The van der Waals surface area contributed by atoms with Crippen LogP contribution in [0, 0.1) is 11.6 Å². The van der Waals surface area contributed by atoms with Crippen molar-refractivity contribution in [1.29, 1.82) is 0 Å². The Morgan fingerprint density at radius 3 is 2.70 bits per heavy atom. The molecule has 2 saturated heterocycles. The Balaban J connectivity index is 1.42. The van der Waals surface area contributed by atoms with E-state index in [-0.39, 0.29) is 24.6 Å². The second-order valence-electron chi connectivity index (χ2n) is 8.65. The number of hydrogen-bond donors (Lipinski definition) is 1. The van der Waals surface area contributed by atoms with Crippen LogP contribution in [0.25, 0.3) is 16.7 Å². The number of β-amino-alcohol motifs (C(OH)–C–C–N with tert-alkyl or cyclic N) is 1. The lowest BCUT2D eigenvalue weighted by molar-refractivity contribution is 0.198. The summed E-state index contributed by atoms with van der Waals surface area (Å²) >= 11 is 0.